The van der Waals surface area contributed by atoms with Crippen LogP contribution in [0.25, 0.3) is 0 Å². The Kier molecular flexibility index (Phi) is 7.98. The van der Waals surface area contributed by atoms with E-state index in [1.165, 1.54) is 31.2 Å². The fourth-order valence-electron chi connectivity index (χ4n) is 4.48. The Bertz CT molecular complexity index is 1180. The van der Waals surface area contributed by atoms with Gasteiger partial charge in [-0.15, -0.1) is 0 Å². The van der Waals surface area contributed by atoms with Gasteiger partial charge in [0.25, 0.3) is 5.91 Å². The van der Waals surface area contributed by atoms with Crippen LogP contribution in [0, 0.1) is 11.8 Å². The van der Waals surface area contributed by atoms with Gasteiger partial charge in [0, 0.05) is 5.56 Å². The molecule has 1 aliphatic carbocycles. The fraction of sp³-hybridized carbons (Fsp3) is 0.308. The van der Waals surface area contributed by atoms with Crippen LogP contribution in [0.4, 0.5) is 0 Å². The van der Waals surface area contributed by atoms with Crippen molar-refractivity contribution in [2.45, 2.75) is 18.4 Å². The van der Waals surface area contributed by atoms with Crippen molar-refractivity contribution in [1.29, 1.82) is 0 Å². The molecule has 1 aliphatic rings. The van der Waals surface area contributed by atoms with E-state index in [9.17, 15) is 28.8 Å². The maximum atomic E-state index is 14.0. The first-order chi connectivity index (χ1) is 17.2. The molecule has 10 heteroatoms. The van der Waals surface area contributed by atoms with E-state index in [1.807, 2.05) is 0 Å². The van der Waals surface area contributed by atoms with Gasteiger partial charge < -0.3 is 19.5 Å². The first-order valence-corrected chi connectivity index (χ1v) is 11.1. The summed E-state index contributed by atoms with van der Waals surface area (Å²) >= 11 is 0. The van der Waals surface area contributed by atoms with Crippen LogP contribution in [0.15, 0.2) is 60.7 Å². The van der Waals surface area contributed by atoms with Crippen molar-refractivity contribution >= 4 is 35.4 Å². The molecule has 0 aromatic heterocycles. The summed E-state index contributed by atoms with van der Waals surface area (Å²) in [5, 5.41) is 2.48. The van der Waals surface area contributed by atoms with Crippen LogP contribution in [0.3, 0.4) is 0 Å². The number of ether oxygens (including phenoxy) is 3. The van der Waals surface area contributed by atoms with Crippen LogP contribution < -0.4 is 5.32 Å². The van der Waals surface area contributed by atoms with Crippen LogP contribution >= 0.6 is 0 Å². The number of nitrogens with one attached hydrogen (secondary N) is 1. The number of carbonyl (C=O) groups is 6. The van der Waals surface area contributed by atoms with Gasteiger partial charge in [-0.3, -0.25) is 28.8 Å². The van der Waals surface area contributed by atoms with Gasteiger partial charge in [0.1, 0.15) is 17.4 Å². The van der Waals surface area contributed by atoms with Crippen LogP contribution in [-0.4, -0.2) is 61.7 Å². The summed E-state index contributed by atoms with van der Waals surface area (Å²) in [6, 6.07) is 15.4. The number of Topliss-reactive ketones (excluding diaryl/α,β-unsaturated/α-hetero) is 2. The molecule has 188 valence electrons. The zero-order valence-corrected chi connectivity index (χ0v) is 19.9. The number of carbonyl (C=O) groups excluding carboxylic acids is 6. The molecule has 10 nitrogen and oxygen atoms in total. The monoisotopic (exact) mass is 495 g/mol. The summed E-state index contributed by atoms with van der Waals surface area (Å²) in [5.41, 5.74) is -2.30. The summed E-state index contributed by atoms with van der Waals surface area (Å²) in [5.74, 6) is -12.4. The number of rotatable bonds is 8. The normalized spacial score (nSPS) is 21.9. The summed E-state index contributed by atoms with van der Waals surface area (Å²) in [6.07, 6.45) is 0. The number of ketones is 2. The minimum Gasteiger partial charge on any atom is -0.468 e. The van der Waals surface area contributed by atoms with Crippen molar-refractivity contribution in [2.24, 2.45) is 11.8 Å². The molecule has 0 saturated heterocycles. The predicted octanol–water partition coefficient (Wildman–Crippen LogP) is 1.23. The molecule has 36 heavy (non-hydrogen) atoms. The van der Waals surface area contributed by atoms with E-state index in [2.05, 4.69) is 10.1 Å². The number of esters is 3. The highest BCUT2D eigenvalue weighted by Crippen LogP contribution is 2.46. The SMILES string of the molecule is CCOC(=O)[C@H](c1ccccc1)[C@@]1(NC(=O)c2ccccc2)C(=O)[C@@H](C(=O)OC)C(=O)[C@H]1C(=O)OC. The van der Waals surface area contributed by atoms with Gasteiger partial charge in [0.2, 0.25) is 0 Å². The van der Waals surface area contributed by atoms with Crippen LogP contribution in [0.1, 0.15) is 28.8 Å². The van der Waals surface area contributed by atoms with Crippen molar-refractivity contribution < 1.29 is 43.0 Å². The zero-order valence-electron chi connectivity index (χ0n) is 19.9. The van der Waals surface area contributed by atoms with Crippen molar-refractivity contribution in [1.82, 2.24) is 5.32 Å². The molecule has 1 saturated carbocycles. The first-order valence-electron chi connectivity index (χ1n) is 11.1. The van der Waals surface area contributed by atoms with E-state index >= 15 is 0 Å². The maximum Gasteiger partial charge on any atom is 0.323 e. The second kappa shape index (κ2) is 10.9. The quantitative estimate of drug-likeness (QED) is 0.325. The van der Waals surface area contributed by atoms with E-state index in [-0.39, 0.29) is 17.7 Å². The Balaban J connectivity index is 2.36. The summed E-state index contributed by atoms with van der Waals surface area (Å²) in [6.45, 7) is 1.43. The number of hydrogen-bond donors (Lipinski definition) is 1. The molecule has 0 spiro atoms. The summed E-state index contributed by atoms with van der Waals surface area (Å²) in [7, 11) is 1.95. The molecule has 0 aliphatic heterocycles. The molecule has 4 atom stereocenters. The van der Waals surface area contributed by atoms with E-state index in [0.29, 0.717) is 0 Å². The molecule has 0 radical (unpaired) electrons. The smallest absolute Gasteiger partial charge is 0.323 e. The van der Waals surface area contributed by atoms with Crippen molar-refractivity contribution in [3.05, 3.63) is 71.8 Å². The second-order valence-corrected chi connectivity index (χ2v) is 7.96. The topological polar surface area (TPSA) is 142 Å². The fourth-order valence-corrected chi connectivity index (χ4v) is 4.48. The highest BCUT2D eigenvalue weighted by molar-refractivity contribution is 6.32. The Hall–Kier alpha value is -4.34. The van der Waals surface area contributed by atoms with Gasteiger partial charge in [-0.05, 0) is 24.6 Å². The van der Waals surface area contributed by atoms with E-state index < -0.39 is 58.7 Å². The highest BCUT2D eigenvalue weighted by Gasteiger charge is 2.71. The Morgan fingerprint density at radius 1 is 0.889 bits per heavy atom. The van der Waals surface area contributed by atoms with Crippen LogP contribution in [-0.2, 0) is 38.2 Å². The summed E-state index contributed by atoms with van der Waals surface area (Å²) < 4.78 is 14.7. The predicted molar refractivity (Wildman–Crippen MR) is 123 cm³/mol. The third-order valence-electron chi connectivity index (χ3n) is 6.03. The lowest BCUT2D eigenvalue weighted by Crippen LogP contribution is -2.64. The van der Waals surface area contributed by atoms with Gasteiger partial charge in [-0.2, -0.15) is 0 Å². The second-order valence-electron chi connectivity index (χ2n) is 7.96. The molecule has 1 amide bonds. The molecule has 2 aromatic carbocycles. The Morgan fingerprint density at radius 3 is 1.97 bits per heavy atom. The molecule has 1 fully saturated rings. The molecule has 2 aromatic rings. The lowest BCUT2D eigenvalue weighted by atomic mass is 9.71. The number of amides is 1. The minimum absolute atomic E-state index is 0.0814. The number of methoxy groups -OCH3 is 2. The molecular weight excluding hydrogens is 470 g/mol. The largest absolute Gasteiger partial charge is 0.468 e. The van der Waals surface area contributed by atoms with Crippen LogP contribution in [0.5, 0.6) is 0 Å². The van der Waals surface area contributed by atoms with E-state index in [1.54, 1.807) is 36.4 Å². The third kappa shape index (κ3) is 4.49. The lowest BCUT2D eigenvalue weighted by Gasteiger charge is -2.38. The van der Waals surface area contributed by atoms with Crippen molar-refractivity contribution in [3.8, 4) is 0 Å². The number of hydrogen-bond acceptors (Lipinski definition) is 9. The van der Waals surface area contributed by atoms with E-state index in [4.69, 9.17) is 9.47 Å². The number of benzene rings is 2. The first kappa shape index (κ1) is 26.3. The molecule has 3 rings (SSSR count). The maximum absolute atomic E-state index is 14.0. The molecule has 0 heterocycles. The zero-order chi connectivity index (χ0) is 26.5. The van der Waals surface area contributed by atoms with Gasteiger partial charge in [0.15, 0.2) is 17.5 Å². The average Bonchev–Trinajstić information content (AvgIpc) is 3.10. The molecule has 0 unspecified atom stereocenters. The average molecular weight is 495 g/mol. The van der Waals surface area contributed by atoms with E-state index in [0.717, 1.165) is 14.2 Å². The van der Waals surface area contributed by atoms with Gasteiger partial charge in [-0.1, -0.05) is 48.5 Å². The molecule has 0 bridgehead atoms. The minimum atomic E-state index is -2.55. The molecule has 1 N–H and O–H groups in total. The van der Waals surface area contributed by atoms with Crippen molar-refractivity contribution in [2.75, 3.05) is 20.8 Å². The van der Waals surface area contributed by atoms with Gasteiger partial charge in [0.05, 0.1) is 20.8 Å². The lowest BCUT2D eigenvalue weighted by molar-refractivity contribution is -0.156. The summed E-state index contributed by atoms with van der Waals surface area (Å²) in [4.78, 5) is 79.8. The van der Waals surface area contributed by atoms with Gasteiger partial charge in [-0.25, -0.2) is 0 Å². The highest BCUT2D eigenvalue weighted by atomic mass is 16.5. The third-order valence-corrected chi connectivity index (χ3v) is 6.03. The Morgan fingerprint density at radius 2 is 1.44 bits per heavy atom. The molecular formula is C26H25NO9. The van der Waals surface area contributed by atoms with Crippen LogP contribution in [0.2, 0.25) is 0 Å². The van der Waals surface area contributed by atoms with Gasteiger partial charge >= 0.3 is 17.9 Å². The van der Waals surface area contributed by atoms with Crippen molar-refractivity contribution in [3.63, 3.8) is 0 Å². The Labute approximate surface area is 206 Å². The standard InChI is InChI=1S/C26H25NO9/c1-4-36-25(33)18(15-11-7-5-8-12-15)26(27-22(30)16-13-9-6-10-14-16)19(24(32)35-3)20(28)17(21(26)29)23(31)34-2/h5-14,17-19H,4H2,1-3H3,(H,27,30)/t17-,18-,19-,26-/m0/s1.